The third kappa shape index (κ3) is 2.70. The van der Waals surface area contributed by atoms with Gasteiger partial charge in [-0.2, -0.15) is 0 Å². The second kappa shape index (κ2) is 5.35. The van der Waals surface area contributed by atoms with Gasteiger partial charge in [0.25, 0.3) is 0 Å². The quantitative estimate of drug-likeness (QED) is 0.696. The van der Waals surface area contributed by atoms with Gasteiger partial charge in [0.1, 0.15) is 5.82 Å². The smallest absolute Gasteiger partial charge is 0.323 e. The van der Waals surface area contributed by atoms with Crippen LogP contribution in [0.2, 0.25) is 5.02 Å². The van der Waals surface area contributed by atoms with Gasteiger partial charge in [-0.3, -0.25) is 0 Å². The first kappa shape index (κ1) is 13.9. The van der Waals surface area contributed by atoms with Crippen molar-refractivity contribution in [1.82, 2.24) is 9.97 Å². The lowest BCUT2D eigenvalue weighted by molar-refractivity contribution is 0.593. The van der Waals surface area contributed by atoms with E-state index in [4.69, 9.17) is 17.3 Å². The summed E-state index contributed by atoms with van der Waals surface area (Å²) in [6.45, 7) is 0. The highest BCUT2D eigenvalue weighted by Crippen LogP contribution is 2.25. The van der Waals surface area contributed by atoms with E-state index < -0.39 is 6.04 Å². The summed E-state index contributed by atoms with van der Waals surface area (Å²) in [5, 5.41) is 0.363. The van der Waals surface area contributed by atoms with Crippen molar-refractivity contribution in [2.24, 2.45) is 5.73 Å². The Morgan fingerprint density at radius 3 is 2.71 bits per heavy atom. The van der Waals surface area contributed by atoms with Gasteiger partial charge in [0, 0.05) is 16.6 Å². The largest absolute Gasteiger partial charge is 0.324 e. The van der Waals surface area contributed by atoms with Crippen LogP contribution < -0.4 is 11.4 Å². The number of aromatic amines is 2. The summed E-state index contributed by atoms with van der Waals surface area (Å²) in [5.74, 6) is -0.367. The van der Waals surface area contributed by atoms with E-state index in [0.717, 1.165) is 5.56 Å². The van der Waals surface area contributed by atoms with Crippen molar-refractivity contribution in [3.8, 4) is 0 Å². The van der Waals surface area contributed by atoms with Gasteiger partial charge in [0.05, 0.1) is 11.0 Å². The van der Waals surface area contributed by atoms with Gasteiger partial charge in [-0.25, -0.2) is 9.18 Å². The molecule has 3 rings (SSSR count). The fourth-order valence-corrected chi connectivity index (χ4v) is 2.59. The minimum atomic E-state index is -0.415. The van der Waals surface area contributed by atoms with E-state index in [1.807, 2.05) is 6.07 Å². The maximum atomic E-state index is 13.8. The van der Waals surface area contributed by atoms with Gasteiger partial charge in [-0.15, -0.1) is 0 Å². The van der Waals surface area contributed by atoms with Crippen LogP contribution in [0, 0.1) is 5.82 Å². The fraction of sp³-hybridized carbons (Fsp3) is 0.133. The van der Waals surface area contributed by atoms with Crippen molar-refractivity contribution >= 4 is 22.6 Å². The molecule has 4 N–H and O–H groups in total. The highest BCUT2D eigenvalue weighted by molar-refractivity contribution is 6.31. The Morgan fingerprint density at radius 2 is 1.95 bits per heavy atom. The summed E-state index contributed by atoms with van der Waals surface area (Å²) in [5.41, 5.74) is 8.45. The highest BCUT2D eigenvalue weighted by atomic mass is 35.5. The van der Waals surface area contributed by atoms with Crippen LogP contribution in [-0.4, -0.2) is 9.97 Å². The first-order valence-electron chi connectivity index (χ1n) is 6.45. The summed E-state index contributed by atoms with van der Waals surface area (Å²) in [7, 11) is 0. The van der Waals surface area contributed by atoms with Gasteiger partial charge < -0.3 is 15.7 Å². The molecule has 0 radical (unpaired) electrons. The number of fused-ring (bicyclic) bond motifs is 1. The summed E-state index contributed by atoms with van der Waals surface area (Å²) < 4.78 is 13.8. The minimum Gasteiger partial charge on any atom is -0.324 e. The monoisotopic (exact) mass is 305 g/mol. The predicted molar refractivity (Wildman–Crippen MR) is 81.0 cm³/mol. The standard InChI is InChI=1S/C15H13ClFN3O/c16-10-2-1-3-11(17)9(10)7-12(18)8-4-5-13-14(6-8)20-15(21)19-13/h1-6,12H,7,18H2,(H2,19,20,21). The maximum Gasteiger partial charge on any atom is 0.323 e. The summed E-state index contributed by atoms with van der Waals surface area (Å²) >= 11 is 6.01. The predicted octanol–water partition coefficient (Wildman–Crippen LogP) is 2.89. The van der Waals surface area contributed by atoms with Gasteiger partial charge in [0.2, 0.25) is 0 Å². The molecular weight excluding hydrogens is 293 g/mol. The maximum absolute atomic E-state index is 13.8. The molecule has 0 fully saturated rings. The molecule has 1 heterocycles. The molecular formula is C15H13ClFN3O. The molecule has 1 aromatic heterocycles. The van der Waals surface area contributed by atoms with E-state index in [1.165, 1.54) is 6.07 Å². The molecule has 0 spiro atoms. The molecule has 108 valence electrons. The lowest BCUT2D eigenvalue weighted by Crippen LogP contribution is -2.14. The molecule has 3 aromatic rings. The van der Waals surface area contributed by atoms with Crippen LogP contribution in [0.1, 0.15) is 17.2 Å². The van der Waals surface area contributed by atoms with Crippen LogP contribution in [0.25, 0.3) is 11.0 Å². The average molecular weight is 306 g/mol. The second-order valence-corrected chi connectivity index (χ2v) is 5.30. The summed E-state index contributed by atoms with van der Waals surface area (Å²) in [6, 6.07) is 9.51. The van der Waals surface area contributed by atoms with Crippen molar-refractivity contribution in [1.29, 1.82) is 0 Å². The molecule has 1 unspecified atom stereocenters. The number of imidazole rings is 1. The first-order valence-corrected chi connectivity index (χ1v) is 6.83. The number of halogens is 2. The zero-order valence-corrected chi connectivity index (χ0v) is 11.7. The van der Waals surface area contributed by atoms with Gasteiger partial charge in [-0.1, -0.05) is 23.7 Å². The first-order chi connectivity index (χ1) is 10.0. The van der Waals surface area contributed by atoms with Gasteiger partial charge in [-0.05, 0) is 36.2 Å². The number of nitrogens with two attached hydrogens (primary N) is 1. The van der Waals surface area contributed by atoms with Crippen LogP contribution in [0.4, 0.5) is 4.39 Å². The Hall–Kier alpha value is -2.11. The van der Waals surface area contributed by atoms with Crippen molar-refractivity contribution < 1.29 is 4.39 Å². The number of hydrogen-bond acceptors (Lipinski definition) is 2. The number of H-pyrrole nitrogens is 2. The Bertz CT molecular complexity index is 835. The number of nitrogens with one attached hydrogen (secondary N) is 2. The Labute approximate surface area is 124 Å². The Morgan fingerprint density at radius 1 is 1.19 bits per heavy atom. The van der Waals surface area contributed by atoms with Crippen LogP contribution in [0.3, 0.4) is 0 Å². The molecule has 0 saturated heterocycles. The molecule has 4 nitrogen and oxygen atoms in total. The molecule has 0 saturated carbocycles. The lowest BCUT2D eigenvalue weighted by Gasteiger charge is -2.14. The Balaban J connectivity index is 1.93. The minimum absolute atomic E-state index is 0.270. The summed E-state index contributed by atoms with van der Waals surface area (Å²) in [4.78, 5) is 16.6. The van der Waals surface area contributed by atoms with Crippen molar-refractivity contribution in [2.45, 2.75) is 12.5 Å². The molecule has 21 heavy (non-hydrogen) atoms. The van der Waals surface area contributed by atoms with Gasteiger partial charge >= 0.3 is 5.69 Å². The van der Waals surface area contributed by atoms with Crippen LogP contribution in [0.15, 0.2) is 41.2 Å². The number of rotatable bonds is 3. The molecule has 1 atom stereocenters. The van der Waals surface area contributed by atoms with E-state index in [0.29, 0.717) is 21.6 Å². The van der Waals surface area contributed by atoms with E-state index >= 15 is 0 Å². The Kier molecular flexibility index (Phi) is 3.53. The van der Waals surface area contributed by atoms with Crippen molar-refractivity contribution in [2.75, 3.05) is 0 Å². The van der Waals surface area contributed by atoms with Crippen molar-refractivity contribution in [3.63, 3.8) is 0 Å². The molecule has 6 heteroatoms. The topological polar surface area (TPSA) is 74.7 Å². The number of hydrogen-bond donors (Lipinski definition) is 3. The zero-order chi connectivity index (χ0) is 15.0. The molecule has 2 aromatic carbocycles. The average Bonchev–Trinajstić information content (AvgIpc) is 2.81. The molecule has 0 bridgehead atoms. The highest BCUT2D eigenvalue weighted by Gasteiger charge is 2.14. The van der Waals surface area contributed by atoms with E-state index in [1.54, 1.807) is 24.3 Å². The molecule has 0 aliphatic rings. The normalized spacial score (nSPS) is 12.7. The third-order valence-electron chi connectivity index (χ3n) is 3.45. The van der Waals surface area contributed by atoms with E-state index in [2.05, 4.69) is 9.97 Å². The molecule has 0 amide bonds. The zero-order valence-electron chi connectivity index (χ0n) is 11.0. The van der Waals surface area contributed by atoms with Gasteiger partial charge in [0.15, 0.2) is 0 Å². The van der Waals surface area contributed by atoms with Crippen molar-refractivity contribution in [3.05, 3.63) is 68.8 Å². The van der Waals surface area contributed by atoms with Crippen LogP contribution >= 0.6 is 11.6 Å². The number of benzene rings is 2. The van der Waals surface area contributed by atoms with Crippen LogP contribution in [0.5, 0.6) is 0 Å². The SMILES string of the molecule is NC(Cc1c(F)cccc1Cl)c1ccc2[nH]c(=O)[nH]c2c1. The van der Waals surface area contributed by atoms with E-state index in [-0.39, 0.29) is 17.9 Å². The third-order valence-corrected chi connectivity index (χ3v) is 3.81. The van der Waals surface area contributed by atoms with Crippen LogP contribution in [-0.2, 0) is 6.42 Å². The second-order valence-electron chi connectivity index (χ2n) is 4.89. The fourth-order valence-electron chi connectivity index (χ4n) is 2.35. The molecule has 0 aliphatic heterocycles. The van der Waals surface area contributed by atoms with E-state index in [9.17, 15) is 9.18 Å². The summed E-state index contributed by atoms with van der Waals surface area (Å²) in [6.07, 6.45) is 0.283. The number of aromatic nitrogens is 2. The molecule has 0 aliphatic carbocycles. The lowest BCUT2D eigenvalue weighted by atomic mass is 9.99.